The molecule has 41 heavy (non-hydrogen) atoms. The number of rotatable bonds is 7. The van der Waals surface area contributed by atoms with Crippen LogP contribution < -0.4 is 0 Å². The van der Waals surface area contributed by atoms with Gasteiger partial charge in [-0.15, -0.1) is 0 Å². The fraction of sp³-hybridized carbons (Fsp3) is 0.364. The first-order valence-electron chi connectivity index (χ1n) is 14.4. The van der Waals surface area contributed by atoms with Crippen molar-refractivity contribution in [3.8, 4) is 0 Å². The zero-order valence-electron chi connectivity index (χ0n) is 23.5. The summed E-state index contributed by atoms with van der Waals surface area (Å²) in [6.45, 7) is 6.56. The van der Waals surface area contributed by atoms with Gasteiger partial charge in [0.15, 0.2) is 0 Å². The third-order valence-corrected chi connectivity index (χ3v) is 8.31. The molecule has 2 aromatic carbocycles. The van der Waals surface area contributed by atoms with E-state index in [4.69, 9.17) is 14.5 Å². The van der Waals surface area contributed by atoms with E-state index in [9.17, 15) is 9.59 Å². The van der Waals surface area contributed by atoms with Gasteiger partial charge in [0.05, 0.1) is 25.9 Å². The molecule has 4 aromatic rings. The van der Waals surface area contributed by atoms with E-state index in [0.29, 0.717) is 18.0 Å². The lowest BCUT2D eigenvalue weighted by molar-refractivity contribution is 0.0342. The van der Waals surface area contributed by atoms with E-state index in [1.54, 1.807) is 12.1 Å². The first kappa shape index (κ1) is 27.2. The van der Waals surface area contributed by atoms with Crippen LogP contribution in [0, 0.1) is 0 Å². The molecule has 0 atom stereocenters. The highest BCUT2D eigenvalue weighted by atomic mass is 16.5. The molecule has 8 nitrogen and oxygen atoms in total. The molecule has 6 rings (SSSR count). The van der Waals surface area contributed by atoms with Crippen molar-refractivity contribution in [1.29, 1.82) is 0 Å². The molecule has 2 aromatic heterocycles. The van der Waals surface area contributed by atoms with Gasteiger partial charge in [-0.3, -0.25) is 9.69 Å². The number of likely N-dealkylation sites (tertiary alicyclic amines) is 1. The summed E-state index contributed by atoms with van der Waals surface area (Å²) in [6.07, 6.45) is 5.92. The standard InChI is InChI=1S/C33H36N4O4/c1-40-33(39)28-8-4-25(5-9-28)23-37-15-12-29-20-30(21-34-31(29)37)26-10-13-36(14-11-26)32(38)27-6-2-24(3-7-27)22-35-16-18-41-19-17-35/h2-9,12,15,20-21,26H,10-11,13-14,16-19,22-23H2,1H3. The number of hydrogen-bond acceptors (Lipinski definition) is 6. The van der Waals surface area contributed by atoms with Crippen LogP contribution in [0.5, 0.6) is 0 Å². The number of hydrogen-bond donors (Lipinski definition) is 0. The molecule has 0 bridgehead atoms. The molecule has 2 aliphatic heterocycles. The van der Waals surface area contributed by atoms with Crippen molar-refractivity contribution in [2.45, 2.75) is 31.8 Å². The Hall–Kier alpha value is -4.01. The molecule has 2 saturated heterocycles. The van der Waals surface area contributed by atoms with Crippen LogP contribution in [0.25, 0.3) is 11.0 Å². The molecule has 0 N–H and O–H groups in total. The van der Waals surface area contributed by atoms with E-state index in [1.165, 1.54) is 18.2 Å². The summed E-state index contributed by atoms with van der Waals surface area (Å²) in [4.78, 5) is 34.1. The Bertz CT molecular complexity index is 1500. The van der Waals surface area contributed by atoms with Crippen molar-refractivity contribution >= 4 is 22.9 Å². The topological polar surface area (TPSA) is 76.9 Å². The minimum Gasteiger partial charge on any atom is -0.465 e. The summed E-state index contributed by atoms with van der Waals surface area (Å²) in [7, 11) is 1.39. The Kier molecular flexibility index (Phi) is 8.11. The van der Waals surface area contributed by atoms with Crippen molar-refractivity contribution in [1.82, 2.24) is 19.4 Å². The van der Waals surface area contributed by atoms with Gasteiger partial charge < -0.3 is 18.9 Å². The van der Waals surface area contributed by atoms with Gasteiger partial charge in [-0.1, -0.05) is 24.3 Å². The summed E-state index contributed by atoms with van der Waals surface area (Å²) < 4.78 is 12.3. The number of aromatic nitrogens is 2. The zero-order valence-corrected chi connectivity index (χ0v) is 23.5. The summed E-state index contributed by atoms with van der Waals surface area (Å²) >= 11 is 0. The number of morpholine rings is 1. The number of fused-ring (bicyclic) bond motifs is 1. The fourth-order valence-corrected chi connectivity index (χ4v) is 5.88. The molecule has 0 aliphatic carbocycles. The van der Waals surface area contributed by atoms with E-state index in [-0.39, 0.29) is 11.9 Å². The molecular formula is C33H36N4O4. The molecule has 0 saturated carbocycles. The third-order valence-electron chi connectivity index (χ3n) is 8.31. The summed E-state index contributed by atoms with van der Waals surface area (Å²) in [5, 5.41) is 1.12. The summed E-state index contributed by atoms with van der Waals surface area (Å²) in [5.41, 5.74) is 5.80. The monoisotopic (exact) mass is 552 g/mol. The maximum Gasteiger partial charge on any atom is 0.337 e. The molecule has 0 radical (unpaired) electrons. The van der Waals surface area contributed by atoms with E-state index in [1.807, 2.05) is 35.4 Å². The van der Waals surface area contributed by atoms with Crippen LogP contribution in [0.4, 0.5) is 0 Å². The second-order valence-electron chi connectivity index (χ2n) is 11.0. The molecule has 1 amide bonds. The molecule has 4 heterocycles. The van der Waals surface area contributed by atoms with Gasteiger partial charge in [-0.25, -0.2) is 9.78 Å². The van der Waals surface area contributed by atoms with Gasteiger partial charge in [0.1, 0.15) is 5.65 Å². The average molecular weight is 553 g/mol. The van der Waals surface area contributed by atoms with E-state index >= 15 is 0 Å². The van der Waals surface area contributed by atoms with Crippen LogP contribution in [0.15, 0.2) is 73.1 Å². The number of esters is 1. The highest BCUT2D eigenvalue weighted by Crippen LogP contribution is 2.30. The zero-order chi connectivity index (χ0) is 28.2. The van der Waals surface area contributed by atoms with Crippen molar-refractivity contribution in [3.05, 3.63) is 101 Å². The Labute approximate surface area is 240 Å². The minimum atomic E-state index is -0.332. The molecule has 0 spiro atoms. The predicted molar refractivity (Wildman–Crippen MR) is 157 cm³/mol. The Morgan fingerprint density at radius 2 is 1.54 bits per heavy atom. The highest BCUT2D eigenvalue weighted by molar-refractivity contribution is 5.94. The second-order valence-corrected chi connectivity index (χ2v) is 11.0. The largest absolute Gasteiger partial charge is 0.465 e. The Balaban J connectivity index is 1.04. The Morgan fingerprint density at radius 3 is 2.22 bits per heavy atom. The Morgan fingerprint density at radius 1 is 0.878 bits per heavy atom. The maximum absolute atomic E-state index is 13.2. The molecule has 212 valence electrons. The van der Waals surface area contributed by atoms with Crippen LogP contribution >= 0.6 is 0 Å². The van der Waals surface area contributed by atoms with Crippen LogP contribution in [0.2, 0.25) is 0 Å². The van der Waals surface area contributed by atoms with Gasteiger partial charge in [-0.05, 0) is 71.8 Å². The van der Waals surface area contributed by atoms with Crippen molar-refractivity contribution < 1.29 is 19.1 Å². The molecule has 2 fully saturated rings. The fourth-order valence-electron chi connectivity index (χ4n) is 5.88. The average Bonchev–Trinajstić information content (AvgIpc) is 3.43. The normalized spacial score (nSPS) is 16.7. The van der Waals surface area contributed by atoms with Gasteiger partial charge in [0, 0.05) is 62.6 Å². The number of piperidine rings is 1. The van der Waals surface area contributed by atoms with Crippen molar-refractivity contribution in [2.24, 2.45) is 0 Å². The highest BCUT2D eigenvalue weighted by Gasteiger charge is 2.25. The van der Waals surface area contributed by atoms with Gasteiger partial charge >= 0.3 is 5.97 Å². The molecular weight excluding hydrogens is 516 g/mol. The summed E-state index contributed by atoms with van der Waals surface area (Å²) in [6, 6.07) is 19.9. The number of carbonyl (C=O) groups excluding carboxylic acids is 2. The van der Waals surface area contributed by atoms with Crippen molar-refractivity contribution in [3.63, 3.8) is 0 Å². The van der Waals surface area contributed by atoms with E-state index in [0.717, 1.165) is 80.9 Å². The smallest absolute Gasteiger partial charge is 0.337 e. The van der Waals surface area contributed by atoms with E-state index in [2.05, 4.69) is 39.9 Å². The van der Waals surface area contributed by atoms with Crippen LogP contribution in [0.3, 0.4) is 0 Å². The van der Waals surface area contributed by atoms with Gasteiger partial charge in [0.2, 0.25) is 0 Å². The maximum atomic E-state index is 13.2. The number of pyridine rings is 1. The number of methoxy groups -OCH3 is 1. The lowest BCUT2D eigenvalue weighted by Gasteiger charge is -2.32. The van der Waals surface area contributed by atoms with Gasteiger partial charge in [-0.2, -0.15) is 0 Å². The third kappa shape index (κ3) is 6.19. The first-order chi connectivity index (χ1) is 20.1. The number of carbonyl (C=O) groups is 2. The molecule has 0 unspecified atom stereocenters. The molecule has 2 aliphatic rings. The van der Waals surface area contributed by atoms with Crippen molar-refractivity contribution in [2.75, 3.05) is 46.5 Å². The second kappa shape index (κ2) is 12.2. The van der Waals surface area contributed by atoms with Crippen LogP contribution in [0.1, 0.15) is 56.2 Å². The number of amides is 1. The lowest BCUT2D eigenvalue weighted by Crippen LogP contribution is -2.38. The first-order valence-corrected chi connectivity index (χ1v) is 14.4. The quantitative estimate of drug-likeness (QED) is 0.309. The molecule has 8 heteroatoms. The number of benzene rings is 2. The predicted octanol–water partition coefficient (Wildman–Crippen LogP) is 4.72. The van der Waals surface area contributed by atoms with Gasteiger partial charge in [0.25, 0.3) is 5.91 Å². The van der Waals surface area contributed by atoms with Crippen LogP contribution in [-0.4, -0.2) is 77.7 Å². The minimum absolute atomic E-state index is 0.117. The van der Waals surface area contributed by atoms with E-state index < -0.39 is 0 Å². The number of ether oxygens (including phenoxy) is 2. The summed E-state index contributed by atoms with van der Waals surface area (Å²) in [5.74, 6) is 0.175. The number of nitrogens with zero attached hydrogens (tertiary/aromatic N) is 4. The SMILES string of the molecule is COC(=O)c1ccc(Cn2ccc3cc(C4CCN(C(=O)c5ccc(CN6CCOCC6)cc5)CC4)cnc32)cc1. The lowest BCUT2D eigenvalue weighted by atomic mass is 9.90. The van der Waals surface area contributed by atoms with Crippen LogP contribution in [-0.2, 0) is 22.6 Å².